The van der Waals surface area contributed by atoms with Crippen LogP contribution in [0.15, 0.2) is 33.6 Å². The second kappa shape index (κ2) is 5.51. The average Bonchev–Trinajstić information content (AvgIpc) is 2.91. The van der Waals surface area contributed by atoms with Gasteiger partial charge in [-0.1, -0.05) is 6.92 Å². The largest absolute Gasteiger partial charge is 0.452 e. The zero-order chi connectivity index (χ0) is 12.3. The van der Waals surface area contributed by atoms with Crippen molar-refractivity contribution >= 4 is 15.9 Å². The lowest BCUT2D eigenvalue weighted by Crippen LogP contribution is -2.16. The van der Waals surface area contributed by atoms with Gasteiger partial charge in [-0.2, -0.15) is 5.10 Å². The molecule has 0 saturated heterocycles. The molecule has 0 aliphatic carbocycles. The first-order valence-electron chi connectivity index (χ1n) is 5.69. The van der Waals surface area contributed by atoms with Gasteiger partial charge in [-0.25, -0.2) is 0 Å². The summed E-state index contributed by atoms with van der Waals surface area (Å²) in [5, 5.41) is 7.57. The standard InChI is InChI=1S/C12H16BrN3O/c1-3-6-16-8-9(7-15-16)12(14-2)10-4-5-11(13)17-10/h4-5,7-8,12,14H,3,6H2,1-2H3. The zero-order valence-corrected chi connectivity index (χ0v) is 11.6. The Hall–Kier alpha value is -1.07. The van der Waals surface area contributed by atoms with Gasteiger partial charge >= 0.3 is 0 Å². The number of halogens is 1. The minimum absolute atomic E-state index is 0.0481. The second-order valence-electron chi connectivity index (χ2n) is 3.90. The van der Waals surface area contributed by atoms with Crippen molar-refractivity contribution in [3.8, 4) is 0 Å². The first kappa shape index (κ1) is 12.4. The molecule has 1 N–H and O–H groups in total. The topological polar surface area (TPSA) is 43.0 Å². The monoisotopic (exact) mass is 297 g/mol. The Morgan fingerprint density at radius 1 is 1.53 bits per heavy atom. The fraction of sp³-hybridized carbons (Fsp3) is 0.417. The number of nitrogens with zero attached hydrogens (tertiary/aromatic N) is 2. The molecule has 92 valence electrons. The van der Waals surface area contributed by atoms with Crippen LogP contribution in [0.1, 0.15) is 30.7 Å². The van der Waals surface area contributed by atoms with Gasteiger partial charge in [0.15, 0.2) is 4.67 Å². The Balaban J connectivity index is 2.22. The van der Waals surface area contributed by atoms with E-state index in [-0.39, 0.29) is 6.04 Å². The van der Waals surface area contributed by atoms with Crippen LogP contribution in [-0.2, 0) is 6.54 Å². The molecule has 0 bridgehead atoms. The zero-order valence-electron chi connectivity index (χ0n) is 9.98. The summed E-state index contributed by atoms with van der Waals surface area (Å²) in [5.41, 5.74) is 1.11. The molecule has 0 amide bonds. The summed E-state index contributed by atoms with van der Waals surface area (Å²) in [6.45, 7) is 3.08. The molecule has 0 aromatic carbocycles. The average molecular weight is 298 g/mol. The molecular formula is C12H16BrN3O. The molecule has 0 saturated carbocycles. The quantitative estimate of drug-likeness (QED) is 0.923. The normalized spacial score (nSPS) is 12.9. The molecular weight excluding hydrogens is 282 g/mol. The number of aryl methyl sites for hydroxylation is 1. The first-order chi connectivity index (χ1) is 8.24. The van der Waals surface area contributed by atoms with E-state index >= 15 is 0 Å². The number of hydrogen-bond acceptors (Lipinski definition) is 3. The third-order valence-electron chi connectivity index (χ3n) is 2.61. The lowest BCUT2D eigenvalue weighted by Gasteiger charge is -2.10. The highest BCUT2D eigenvalue weighted by Crippen LogP contribution is 2.25. The Labute approximate surface area is 109 Å². The predicted octanol–water partition coefficient (Wildman–Crippen LogP) is 2.96. The second-order valence-corrected chi connectivity index (χ2v) is 4.68. The molecule has 2 heterocycles. The molecule has 1 atom stereocenters. The van der Waals surface area contributed by atoms with Crippen LogP contribution in [-0.4, -0.2) is 16.8 Å². The van der Waals surface area contributed by atoms with E-state index in [1.165, 1.54) is 0 Å². The van der Waals surface area contributed by atoms with E-state index in [1.54, 1.807) is 0 Å². The summed E-state index contributed by atoms with van der Waals surface area (Å²) < 4.78 is 8.28. The van der Waals surface area contributed by atoms with Crippen LogP contribution in [0.25, 0.3) is 0 Å². The first-order valence-corrected chi connectivity index (χ1v) is 6.48. The summed E-state index contributed by atoms with van der Waals surface area (Å²) in [7, 11) is 1.91. The maximum Gasteiger partial charge on any atom is 0.169 e. The van der Waals surface area contributed by atoms with Gasteiger partial charge in [-0.15, -0.1) is 0 Å². The van der Waals surface area contributed by atoms with E-state index in [1.807, 2.05) is 30.1 Å². The summed E-state index contributed by atoms with van der Waals surface area (Å²) in [6.07, 6.45) is 5.02. The lowest BCUT2D eigenvalue weighted by molar-refractivity contribution is 0.447. The van der Waals surface area contributed by atoms with E-state index < -0.39 is 0 Å². The predicted molar refractivity (Wildman–Crippen MR) is 69.8 cm³/mol. The Kier molecular flexibility index (Phi) is 4.02. The molecule has 2 aromatic heterocycles. The van der Waals surface area contributed by atoms with Crippen LogP contribution >= 0.6 is 15.9 Å². The van der Waals surface area contributed by atoms with Crippen molar-refractivity contribution in [3.63, 3.8) is 0 Å². The molecule has 0 aliphatic rings. The minimum atomic E-state index is 0.0481. The molecule has 2 aromatic rings. The number of hydrogen-bond donors (Lipinski definition) is 1. The fourth-order valence-electron chi connectivity index (χ4n) is 1.84. The molecule has 1 unspecified atom stereocenters. The van der Waals surface area contributed by atoms with Crippen LogP contribution in [0.5, 0.6) is 0 Å². The number of aromatic nitrogens is 2. The summed E-state index contributed by atoms with van der Waals surface area (Å²) in [5.74, 6) is 0.885. The van der Waals surface area contributed by atoms with Crippen LogP contribution in [0.3, 0.4) is 0 Å². The molecule has 5 heteroatoms. The van der Waals surface area contributed by atoms with E-state index in [4.69, 9.17) is 4.42 Å². The molecule has 4 nitrogen and oxygen atoms in total. The third-order valence-corrected chi connectivity index (χ3v) is 3.03. The summed E-state index contributed by atoms with van der Waals surface area (Å²) >= 11 is 3.32. The van der Waals surface area contributed by atoms with Gasteiger partial charge in [-0.3, -0.25) is 4.68 Å². The van der Waals surface area contributed by atoms with Crippen molar-refractivity contribution in [1.82, 2.24) is 15.1 Å². The SMILES string of the molecule is CCCn1cc(C(NC)c2ccc(Br)o2)cn1. The van der Waals surface area contributed by atoms with Gasteiger partial charge in [0.2, 0.25) is 0 Å². The highest BCUT2D eigenvalue weighted by Gasteiger charge is 2.17. The summed E-state index contributed by atoms with van der Waals surface area (Å²) in [6, 6.07) is 3.91. The third kappa shape index (κ3) is 2.79. The fourth-order valence-corrected chi connectivity index (χ4v) is 2.16. The highest BCUT2D eigenvalue weighted by molar-refractivity contribution is 9.10. The van der Waals surface area contributed by atoms with Crippen molar-refractivity contribution in [2.45, 2.75) is 25.9 Å². The number of rotatable bonds is 5. The molecule has 2 rings (SSSR count). The Morgan fingerprint density at radius 2 is 2.35 bits per heavy atom. The Morgan fingerprint density at radius 3 is 2.94 bits per heavy atom. The molecule has 17 heavy (non-hydrogen) atoms. The number of furan rings is 1. The van der Waals surface area contributed by atoms with Gasteiger partial charge in [0.1, 0.15) is 5.76 Å². The molecule has 0 aliphatic heterocycles. The lowest BCUT2D eigenvalue weighted by atomic mass is 10.1. The van der Waals surface area contributed by atoms with E-state index in [2.05, 4.69) is 39.5 Å². The maximum atomic E-state index is 5.58. The highest BCUT2D eigenvalue weighted by atomic mass is 79.9. The maximum absolute atomic E-state index is 5.58. The Bertz CT molecular complexity index is 478. The van der Waals surface area contributed by atoms with Crippen molar-refractivity contribution in [3.05, 3.63) is 40.5 Å². The van der Waals surface area contributed by atoms with Crippen LogP contribution in [0, 0.1) is 0 Å². The van der Waals surface area contributed by atoms with Gasteiger partial charge in [-0.05, 0) is 41.5 Å². The van der Waals surface area contributed by atoms with Crippen LogP contribution < -0.4 is 5.32 Å². The molecule has 0 fully saturated rings. The van der Waals surface area contributed by atoms with Crippen LogP contribution in [0.2, 0.25) is 0 Å². The molecule has 0 spiro atoms. The smallest absolute Gasteiger partial charge is 0.169 e. The van der Waals surface area contributed by atoms with Crippen molar-refractivity contribution < 1.29 is 4.42 Å². The van der Waals surface area contributed by atoms with Crippen molar-refractivity contribution in [2.24, 2.45) is 0 Å². The van der Waals surface area contributed by atoms with E-state index in [0.717, 1.165) is 29.0 Å². The van der Waals surface area contributed by atoms with Gasteiger partial charge in [0.05, 0.1) is 12.2 Å². The van der Waals surface area contributed by atoms with E-state index in [9.17, 15) is 0 Å². The minimum Gasteiger partial charge on any atom is -0.452 e. The summed E-state index contributed by atoms with van der Waals surface area (Å²) in [4.78, 5) is 0. The number of nitrogens with one attached hydrogen (secondary N) is 1. The van der Waals surface area contributed by atoms with Crippen molar-refractivity contribution in [1.29, 1.82) is 0 Å². The van der Waals surface area contributed by atoms with Crippen molar-refractivity contribution in [2.75, 3.05) is 7.05 Å². The van der Waals surface area contributed by atoms with E-state index in [0.29, 0.717) is 0 Å². The van der Waals surface area contributed by atoms with Gasteiger partial charge in [0.25, 0.3) is 0 Å². The van der Waals surface area contributed by atoms with Gasteiger partial charge < -0.3 is 9.73 Å². The van der Waals surface area contributed by atoms with Crippen LogP contribution in [0.4, 0.5) is 0 Å². The molecule has 0 radical (unpaired) electrons. The van der Waals surface area contributed by atoms with Gasteiger partial charge in [0, 0.05) is 18.3 Å².